The van der Waals surface area contributed by atoms with E-state index in [1.807, 2.05) is 41.8 Å². The molecule has 2 N–H and O–H groups in total. The topological polar surface area (TPSA) is 63.0 Å². The van der Waals surface area contributed by atoms with Gasteiger partial charge in [-0.3, -0.25) is 0 Å². The van der Waals surface area contributed by atoms with E-state index in [1.165, 1.54) is 0 Å². The van der Waals surface area contributed by atoms with Gasteiger partial charge < -0.3 is 15.0 Å². The van der Waals surface area contributed by atoms with Crippen LogP contribution in [0.5, 0.6) is 0 Å². The zero-order valence-corrected chi connectivity index (χ0v) is 12.2. The number of para-hydroxylation sites is 1. The molecule has 3 aromatic rings. The summed E-state index contributed by atoms with van der Waals surface area (Å²) in [6.45, 7) is 4.73. The number of fused-ring (bicyclic) bond motifs is 1. The number of hydrogen-bond donors (Lipinski definition) is 2. The number of nitrogens with one attached hydrogen (secondary N) is 1. The number of anilines is 2. The molecule has 0 saturated carbocycles. The Kier molecular flexibility index (Phi) is 3.58. The molecule has 0 unspecified atom stereocenters. The molecule has 5 heteroatoms. The van der Waals surface area contributed by atoms with Crippen LogP contribution in [0.25, 0.3) is 11.0 Å². The average molecular weight is 282 g/mol. The maximum Gasteiger partial charge on any atom is 0.146 e. The van der Waals surface area contributed by atoms with Gasteiger partial charge in [0.1, 0.15) is 17.8 Å². The summed E-state index contributed by atoms with van der Waals surface area (Å²) in [5.41, 5.74) is 4.09. The highest BCUT2D eigenvalue weighted by Crippen LogP contribution is 2.30. The van der Waals surface area contributed by atoms with Gasteiger partial charge in [-0.15, -0.1) is 0 Å². The lowest BCUT2D eigenvalue weighted by molar-refractivity contribution is 0.276. The molecule has 0 amide bonds. The van der Waals surface area contributed by atoms with Gasteiger partial charge in [-0.1, -0.05) is 18.2 Å². The molecule has 2 heterocycles. The summed E-state index contributed by atoms with van der Waals surface area (Å²) in [7, 11) is 0. The molecule has 2 aromatic heterocycles. The second-order valence-corrected chi connectivity index (χ2v) is 5.00. The van der Waals surface area contributed by atoms with Crippen LogP contribution in [0, 0.1) is 13.8 Å². The molecule has 0 atom stereocenters. The first-order valence-electron chi connectivity index (χ1n) is 6.95. The second-order valence-electron chi connectivity index (χ2n) is 5.00. The minimum Gasteiger partial charge on any atom is -0.395 e. The molecule has 0 aliphatic heterocycles. The van der Waals surface area contributed by atoms with Crippen LogP contribution in [-0.4, -0.2) is 26.2 Å². The number of hydrogen-bond acceptors (Lipinski definition) is 4. The Labute approximate surface area is 123 Å². The molecule has 5 nitrogen and oxygen atoms in total. The molecule has 1 aromatic carbocycles. The van der Waals surface area contributed by atoms with Crippen molar-refractivity contribution in [2.75, 3.05) is 11.9 Å². The van der Waals surface area contributed by atoms with E-state index < -0.39 is 0 Å². The SMILES string of the molecule is Cc1c(C)n(CCO)c2ncnc(Nc3ccccc3)c12. The van der Waals surface area contributed by atoms with Crippen molar-refractivity contribution in [3.8, 4) is 0 Å². The molecule has 0 saturated heterocycles. The highest BCUT2D eigenvalue weighted by atomic mass is 16.3. The Hall–Kier alpha value is -2.40. The highest BCUT2D eigenvalue weighted by Gasteiger charge is 2.16. The Balaban J connectivity index is 2.14. The van der Waals surface area contributed by atoms with Gasteiger partial charge in [-0.05, 0) is 31.5 Å². The maximum atomic E-state index is 9.24. The largest absolute Gasteiger partial charge is 0.395 e. The Morgan fingerprint density at radius 2 is 1.90 bits per heavy atom. The molecule has 21 heavy (non-hydrogen) atoms. The third kappa shape index (κ3) is 2.36. The average Bonchev–Trinajstić information content (AvgIpc) is 2.75. The summed E-state index contributed by atoms with van der Waals surface area (Å²) in [5.74, 6) is 0.795. The van der Waals surface area contributed by atoms with Crippen LogP contribution in [0.15, 0.2) is 36.7 Å². The number of aliphatic hydroxyl groups excluding tert-OH is 1. The van der Waals surface area contributed by atoms with Crippen molar-refractivity contribution >= 4 is 22.5 Å². The van der Waals surface area contributed by atoms with E-state index in [4.69, 9.17) is 0 Å². The normalized spacial score (nSPS) is 11.0. The lowest BCUT2D eigenvalue weighted by Gasteiger charge is -2.07. The van der Waals surface area contributed by atoms with Gasteiger partial charge in [-0.2, -0.15) is 0 Å². The lowest BCUT2D eigenvalue weighted by Crippen LogP contribution is -2.05. The summed E-state index contributed by atoms with van der Waals surface area (Å²) in [5, 5.41) is 13.6. The third-order valence-corrected chi connectivity index (χ3v) is 3.77. The van der Waals surface area contributed by atoms with E-state index in [9.17, 15) is 5.11 Å². The van der Waals surface area contributed by atoms with Crippen LogP contribution in [0.3, 0.4) is 0 Å². The fourth-order valence-electron chi connectivity index (χ4n) is 2.60. The maximum absolute atomic E-state index is 9.24. The molecule has 0 aliphatic carbocycles. The van der Waals surface area contributed by atoms with Crippen molar-refractivity contribution in [2.45, 2.75) is 20.4 Å². The summed E-state index contributed by atoms with van der Waals surface area (Å²) >= 11 is 0. The minimum absolute atomic E-state index is 0.0928. The molecule has 0 spiro atoms. The van der Waals surface area contributed by atoms with E-state index in [-0.39, 0.29) is 6.61 Å². The molecule has 3 rings (SSSR count). The van der Waals surface area contributed by atoms with Crippen LogP contribution < -0.4 is 5.32 Å². The highest BCUT2D eigenvalue weighted by molar-refractivity contribution is 5.93. The summed E-state index contributed by atoms with van der Waals surface area (Å²) in [6.07, 6.45) is 1.56. The van der Waals surface area contributed by atoms with Crippen molar-refractivity contribution < 1.29 is 5.11 Å². The first-order valence-corrected chi connectivity index (χ1v) is 6.95. The van der Waals surface area contributed by atoms with E-state index in [0.29, 0.717) is 6.54 Å². The molecule has 0 fully saturated rings. The van der Waals surface area contributed by atoms with Crippen LogP contribution in [-0.2, 0) is 6.54 Å². The molecular weight excluding hydrogens is 264 g/mol. The number of aliphatic hydroxyl groups is 1. The Morgan fingerprint density at radius 1 is 1.14 bits per heavy atom. The van der Waals surface area contributed by atoms with Crippen molar-refractivity contribution in [2.24, 2.45) is 0 Å². The first-order chi connectivity index (χ1) is 10.2. The Morgan fingerprint density at radius 3 is 2.62 bits per heavy atom. The summed E-state index contributed by atoms with van der Waals surface area (Å²) in [4.78, 5) is 8.76. The smallest absolute Gasteiger partial charge is 0.146 e. The number of benzene rings is 1. The summed E-state index contributed by atoms with van der Waals surface area (Å²) < 4.78 is 2.03. The molecule has 0 bridgehead atoms. The van der Waals surface area contributed by atoms with Gasteiger partial charge >= 0.3 is 0 Å². The predicted molar refractivity (Wildman–Crippen MR) is 83.8 cm³/mol. The fraction of sp³-hybridized carbons (Fsp3) is 0.250. The number of aromatic nitrogens is 3. The van der Waals surface area contributed by atoms with Crippen molar-refractivity contribution in [3.05, 3.63) is 47.9 Å². The zero-order chi connectivity index (χ0) is 14.8. The number of rotatable bonds is 4. The second kappa shape index (κ2) is 5.54. The van der Waals surface area contributed by atoms with Gasteiger partial charge in [0.05, 0.1) is 12.0 Å². The molecular formula is C16H18N4O. The Bertz CT molecular complexity index is 765. The number of aryl methyl sites for hydroxylation is 1. The summed E-state index contributed by atoms with van der Waals surface area (Å²) in [6, 6.07) is 9.95. The molecule has 0 radical (unpaired) electrons. The standard InChI is InChI=1S/C16H18N4O/c1-11-12(2)20(8-9-21)16-14(11)15(17-10-18-16)19-13-6-4-3-5-7-13/h3-7,10,21H,8-9H2,1-2H3,(H,17,18,19). The zero-order valence-electron chi connectivity index (χ0n) is 12.2. The van der Waals surface area contributed by atoms with Gasteiger partial charge in [0, 0.05) is 17.9 Å². The molecule has 0 aliphatic rings. The predicted octanol–water partition coefficient (Wildman–Crippen LogP) is 2.78. The van der Waals surface area contributed by atoms with Gasteiger partial charge in [-0.25, -0.2) is 9.97 Å². The van der Waals surface area contributed by atoms with Crippen LogP contribution in [0.4, 0.5) is 11.5 Å². The minimum atomic E-state index is 0.0928. The van der Waals surface area contributed by atoms with E-state index in [2.05, 4.69) is 22.2 Å². The van der Waals surface area contributed by atoms with E-state index in [1.54, 1.807) is 6.33 Å². The van der Waals surface area contributed by atoms with Gasteiger partial charge in [0.15, 0.2) is 0 Å². The quantitative estimate of drug-likeness (QED) is 0.772. The van der Waals surface area contributed by atoms with E-state index >= 15 is 0 Å². The van der Waals surface area contributed by atoms with Crippen LogP contribution >= 0.6 is 0 Å². The van der Waals surface area contributed by atoms with Crippen molar-refractivity contribution in [1.29, 1.82) is 0 Å². The van der Waals surface area contributed by atoms with Gasteiger partial charge in [0.2, 0.25) is 0 Å². The van der Waals surface area contributed by atoms with Crippen LogP contribution in [0.2, 0.25) is 0 Å². The fourth-order valence-corrected chi connectivity index (χ4v) is 2.60. The van der Waals surface area contributed by atoms with Crippen molar-refractivity contribution in [3.63, 3.8) is 0 Å². The van der Waals surface area contributed by atoms with Crippen LogP contribution in [0.1, 0.15) is 11.3 Å². The lowest BCUT2D eigenvalue weighted by atomic mass is 10.2. The third-order valence-electron chi connectivity index (χ3n) is 3.77. The molecule has 108 valence electrons. The van der Waals surface area contributed by atoms with Gasteiger partial charge in [0.25, 0.3) is 0 Å². The van der Waals surface area contributed by atoms with E-state index in [0.717, 1.165) is 33.8 Å². The monoisotopic (exact) mass is 282 g/mol. The first kappa shape index (κ1) is 13.6. The number of nitrogens with zero attached hydrogens (tertiary/aromatic N) is 3. The van der Waals surface area contributed by atoms with Crippen molar-refractivity contribution in [1.82, 2.24) is 14.5 Å².